The van der Waals surface area contributed by atoms with Crippen LogP contribution in [0.2, 0.25) is 0 Å². The molecule has 5 nitrogen and oxygen atoms in total. The van der Waals surface area contributed by atoms with Gasteiger partial charge < -0.3 is 9.47 Å². The van der Waals surface area contributed by atoms with E-state index >= 15 is 0 Å². The molecule has 1 rings (SSSR count). The molecule has 1 aromatic rings. The second-order valence-corrected chi connectivity index (χ2v) is 4.82. The third kappa shape index (κ3) is 4.24. The van der Waals surface area contributed by atoms with Crippen molar-refractivity contribution in [3.05, 3.63) is 23.5 Å². The Morgan fingerprint density at radius 3 is 2.47 bits per heavy atom. The summed E-state index contributed by atoms with van der Waals surface area (Å²) in [6.45, 7) is 5.06. The van der Waals surface area contributed by atoms with Crippen molar-refractivity contribution in [1.82, 2.24) is 0 Å². The Kier molecular flexibility index (Phi) is 4.47. The first-order chi connectivity index (χ1) is 8.76. The molecule has 0 saturated heterocycles. The van der Waals surface area contributed by atoms with Gasteiger partial charge in [0.05, 0.1) is 18.4 Å². The lowest BCUT2D eigenvalue weighted by Gasteiger charge is -2.20. The van der Waals surface area contributed by atoms with Crippen LogP contribution in [0.1, 0.15) is 31.1 Å². The minimum absolute atomic E-state index is 0.0993. The first-order valence-electron chi connectivity index (χ1n) is 5.59. The molecule has 0 unspecified atom stereocenters. The molecule has 0 bridgehead atoms. The van der Waals surface area contributed by atoms with Gasteiger partial charge in [0.1, 0.15) is 11.4 Å². The van der Waals surface area contributed by atoms with Crippen LogP contribution in [0.3, 0.4) is 0 Å². The number of carbonyl (C=O) groups is 2. The molecule has 0 aliphatic rings. The number of anilines is 1. The molecular formula is C13H16FNO4. The summed E-state index contributed by atoms with van der Waals surface area (Å²) in [5.74, 6) is -0.615. The maximum Gasteiger partial charge on any atom is 0.412 e. The number of nitrogens with one attached hydrogen (secondary N) is 1. The second kappa shape index (κ2) is 5.69. The molecule has 0 aromatic heterocycles. The quantitative estimate of drug-likeness (QED) is 0.857. The minimum atomic E-state index is -0.798. The van der Waals surface area contributed by atoms with E-state index in [9.17, 15) is 14.0 Å². The molecule has 0 spiro atoms. The van der Waals surface area contributed by atoms with Gasteiger partial charge in [0, 0.05) is 6.07 Å². The summed E-state index contributed by atoms with van der Waals surface area (Å²) in [6.07, 6.45) is -0.285. The van der Waals surface area contributed by atoms with Gasteiger partial charge in [-0.15, -0.1) is 0 Å². The zero-order valence-electron chi connectivity index (χ0n) is 11.2. The largest absolute Gasteiger partial charge is 0.496 e. The summed E-state index contributed by atoms with van der Waals surface area (Å²) in [7, 11) is 1.32. The monoisotopic (exact) mass is 269 g/mol. The van der Waals surface area contributed by atoms with E-state index in [4.69, 9.17) is 9.47 Å². The van der Waals surface area contributed by atoms with Gasteiger partial charge in [0.15, 0.2) is 12.1 Å². The summed E-state index contributed by atoms with van der Waals surface area (Å²) >= 11 is 0. The Labute approximate surface area is 110 Å². The van der Waals surface area contributed by atoms with Crippen LogP contribution >= 0.6 is 0 Å². The number of methoxy groups -OCH3 is 1. The van der Waals surface area contributed by atoms with Crippen LogP contribution in [-0.4, -0.2) is 25.1 Å². The zero-order valence-corrected chi connectivity index (χ0v) is 11.2. The Bertz CT molecular complexity index is 494. The fourth-order valence-electron chi connectivity index (χ4n) is 1.35. The van der Waals surface area contributed by atoms with E-state index in [1.165, 1.54) is 13.2 Å². The highest BCUT2D eigenvalue weighted by molar-refractivity contribution is 5.88. The van der Waals surface area contributed by atoms with Crippen LogP contribution in [0.15, 0.2) is 12.1 Å². The number of halogens is 1. The van der Waals surface area contributed by atoms with E-state index in [0.717, 1.165) is 6.07 Å². The third-order valence-corrected chi connectivity index (χ3v) is 2.08. The minimum Gasteiger partial charge on any atom is -0.496 e. The highest BCUT2D eigenvalue weighted by Gasteiger charge is 2.18. The SMILES string of the molecule is COc1cc(F)c(NC(=O)OC(C)(C)C)cc1C=O. The predicted molar refractivity (Wildman–Crippen MR) is 68.2 cm³/mol. The molecule has 19 heavy (non-hydrogen) atoms. The second-order valence-electron chi connectivity index (χ2n) is 4.82. The topological polar surface area (TPSA) is 64.6 Å². The van der Waals surface area contributed by atoms with Gasteiger partial charge in [0.2, 0.25) is 0 Å². The van der Waals surface area contributed by atoms with Crippen LogP contribution in [0.25, 0.3) is 0 Å². The van der Waals surface area contributed by atoms with Crippen molar-refractivity contribution in [2.45, 2.75) is 26.4 Å². The van der Waals surface area contributed by atoms with E-state index in [-0.39, 0.29) is 17.0 Å². The summed E-state index contributed by atoms with van der Waals surface area (Å²) < 4.78 is 23.5. The van der Waals surface area contributed by atoms with E-state index in [0.29, 0.717) is 6.29 Å². The van der Waals surface area contributed by atoms with Crippen molar-refractivity contribution in [3.63, 3.8) is 0 Å². The summed E-state index contributed by atoms with van der Waals surface area (Å²) in [6, 6.07) is 2.21. The first-order valence-corrected chi connectivity index (χ1v) is 5.59. The number of ether oxygens (including phenoxy) is 2. The molecule has 1 amide bonds. The van der Waals surface area contributed by atoms with Crippen molar-refractivity contribution < 1.29 is 23.5 Å². The smallest absolute Gasteiger partial charge is 0.412 e. The number of carbonyl (C=O) groups excluding carboxylic acids is 2. The Balaban J connectivity index is 2.96. The van der Waals surface area contributed by atoms with Crippen LogP contribution < -0.4 is 10.1 Å². The molecule has 104 valence electrons. The van der Waals surface area contributed by atoms with Gasteiger partial charge in [-0.05, 0) is 26.8 Å². The molecule has 0 heterocycles. The third-order valence-electron chi connectivity index (χ3n) is 2.08. The van der Waals surface area contributed by atoms with Crippen LogP contribution in [-0.2, 0) is 4.74 Å². The number of hydrogen-bond acceptors (Lipinski definition) is 4. The number of rotatable bonds is 3. The normalized spacial score (nSPS) is 10.8. The van der Waals surface area contributed by atoms with Gasteiger partial charge in [-0.3, -0.25) is 10.1 Å². The van der Waals surface area contributed by atoms with Crippen molar-refractivity contribution in [2.24, 2.45) is 0 Å². The van der Waals surface area contributed by atoms with Crippen molar-refractivity contribution in [2.75, 3.05) is 12.4 Å². The zero-order chi connectivity index (χ0) is 14.6. The van der Waals surface area contributed by atoms with E-state index in [2.05, 4.69) is 5.32 Å². The van der Waals surface area contributed by atoms with Crippen LogP contribution in [0.4, 0.5) is 14.9 Å². The number of amides is 1. The number of hydrogen-bond donors (Lipinski definition) is 1. The number of benzene rings is 1. The van der Waals surface area contributed by atoms with Crippen molar-refractivity contribution >= 4 is 18.1 Å². The Hall–Kier alpha value is -2.11. The summed E-state index contributed by atoms with van der Waals surface area (Å²) in [5, 5.41) is 2.24. The van der Waals surface area contributed by atoms with Crippen LogP contribution in [0, 0.1) is 5.82 Å². The molecule has 0 atom stereocenters. The molecule has 1 aromatic carbocycles. The molecule has 0 aliphatic heterocycles. The lowest BCUT2D eigenvalue weighted by molar-refractivity contribution is 0.0635. The molecule has 1 N–H and O–H groups in total. The van der Waals surface area contributed by atoms with Gasteiger partial charge in [-0.1, -0.05) is 0 Å². The molecule has 0 saturated carbocycles. The van der Waals surface area contributed by atoms with Gasteiger partial charge in [-0.25, -0.2) is 9.18 Å². The first kappa shape index (κ1) is 14.9. The summed E-state index contributed by atoms with van der Waals surface area (Å²) in [4.78, 5) is 22.3. The lowest BCUT2D eigenvalue weighted by atomic mass is 10.2. The average Bonchev–Trinajstić information content (AvgIpc) is 2.28. The molecule has 0 aliphatic carbocycles. The van der Waals surface area contributed by atoms with E-state index < -0.39 is 17.5 Å². The summed E-state index contributed by atoms with van der Waals surface area (Å²) in [5.41, 5.74) is -0.701. The predicted octanol–water partition coefficient (Wildman–Crippen LogP) is 2.99. The lowest BCUT2D eigenvalue weighted by Crippen LogP contribution is -2.27. The highest BCUT2D eigenvalue weighted by atomic mass is 19.1. The Morgan fingerprint density at radius 1 is 1.37 bits per heavy atom. The van der Waals surface area contributed by atoms with Crippen molar-refractivity contribution in [1.29, 1.82) is 0 Å². The average molecular weight is 269 g/mol. The van der Waals surface area contributed by atoms with Gasteiger partial charge >= 0.3 is 6.09 Å². The molecule has 0 radical (unpaired) electrons. The Morgan fingerprint density at radius 2 is 2.00 bits per heavy atom. The van der Waals surface area contributed by atoms with E-state index in [1.807, 2.05) is 0 Å². The molecule has 0 fully saturated rings. The van der Waals surface area contributed by atoms with Gasteiger partial charge in [0.25, 0.3) is 0 Å². The van der Waals surface area contributed by atoms with E-state index in [1.54, 1.807) is 20.8 Å². The molecular weight excluding hydrogens is 253 g/mol. The fourth-order valence-corrected chi connectivity index (χ4v) is 1.35. The maximum absolute atomic E-state index is 13.7. The fraction of sp³-hybridized carbons (Fsp3) is 0.385. The standard InChI is InChI=1S/C13H16FNO4/c1-13(2,3)19-12(17)15-10-5-8(7-16)11(18-4)6-9(10)14/h5-7H,1-4H3,(H,15,17). The van der Waals surface area contributed by atoms with Crippen molar-refractivity contribution in [3.8, 4) is 5.75 Å². The van der Waals surface area contributed by atoms with Gasteiger partial charge in [-0.2, -0.15) is 0 Å². The number of aldehydes is 1. The molecule has 6 heteroatoms. The van der Waals surface area contributed by atoms with Crippen LogP contribution in [0.5, 0.6) is 5.75 Å². The highest BCUT2D eigenvalue weighted by Crippen LogP contribution is 2.25. The maximum atomic E-state index is 13.7.